The highest BCUT2D eigenvalue weighted by Crippen LogP contribution is 2.25. The first-order valence-electron chi connectivity index (χ1n) is 7.88. The molecule has 0 bridgehead atoms. The van der Waals surface area contributed by atoms with Crippen LogP contribution in [0.2, 0.25) is 0 Å². The maximum Gasteiger partial charge on any atom is 0.251 e. The predicted octanol–water partition coefficient (Wildman–Crippen LogP) is 2.82. The molecule has 2 aromatic rings. The molecule has 8 heteroatoms. The zero-order valence-electron chi connectivity index (χ0n) is 15.1. The fourth-order valence-electron chi connectivity index (χ4n) is 2.39. The summed E-state index contributed by atoms with van der Waals surface area (Å²) in [5.41, 5.74) is 1.21. The number of sulfonamides is 1. The van der Waals surface area contributed by atoms with Crippen molar-refractivity contribution in [3.63, 3.8) is 0 Å². The molecule has 0 saturated heterocycles. The SMILES string of the molecule is CNS(=O)(=O)c1cc(C(=O)N[C@H](C)c2ccc(SC)cc2)ccc1OC. The molecule has 2 aromatic carbocycles. The fourth-order valence-corrected chi connectivity index (χ4v) is 3.72. The minimum atomic E-state index is -3.74. The Bertz CT molecular complexity index is 881. The van der Waals surface area contributed by atoms with Gasteiger partial charge < -0.3 is 10.1 Å². The molecule has 0 fully saturated rings. The molecule has 0 saturated carbocycles. The maximum atomic E-state index is 12.5. The Morgan fingerprint density at radius 2 is 1.81 bits per heavy atom. The number of amides is 1. The molecule has 0 aliphatic heterocycles. The molecular formula is C18H22N2O4S2. The third-order valence-corrected chi connectivity index (χ3v) is 6.13. The monoisotopic (exact) mass is 394 g/mol. The van der Waals surface area contributed by atoms with Crippen LogP contribution >= 0.6 is 11.8 Å². The highest BCUT2D eigenvalue weighted by molar-refractivity contribution is 7.98. The lowest BCUT2D eigenvalue weighted by Crippen LogP contribution is -2.27. The van der Waals surface area contributed by atoms with Gasteiger partial charge in [-0.3, -0.25) is 4.79 Å². The second kappa shape index (κ2) is 8.57. The zero-order chi connectivity index (χ0) is 19.3. The third-order valence-electron chi connectivity index (χ3n) is 3.95. The van der Waals surface area contributed by atoms with Crippen LogP contribution in [-0.4, -0.2) is 34.7 Å². The van der Waals surface area contributed by atoms with E-state index in [1.807, 2.05) is 37.4 Å². The topological polar surface area (TPSA) is 84.5 Å². The van der Waals surface area contributed by atoms with Gasteiger partial charge in [0.05, 0.1) is 13.2 Å². The van der Waals surface area contributed by atoms with E-state index in [2.05, 4.69) is 10.0 Å². The Balaban J connectivity index is 2.24. The van der Waals surface area contributed by atoms with Crippen LogP contribution < -0.4 is 14.8 Å². The van der Waals surface area contributed by atoms with Gasteiger partial charge in [-0.2, -0.15) is 0 Å². The Labute approximate surface area is 158 Å². The van der Waals surface area contributed by atoms with Gasteiger partial charge in [0, 0.05) is 10.5 Å². The van der Waals surface area contributed by atoms with Crippen LogP contribution in [-0.2, 0) is 10.0 Å². The van der Waals surface area contributed by atoms with E-state index in [0.29, 0.717) is 0 Å². The van der Waals surface area contributed by atoms with Crippen molar-refractivity contribution in [1.29, 1.82) is 0 Å². The van der Waals surface area contributed by atoms with Crippen LogP contribution in [0.4, 0.5) is 0 Å². The smallest absolute Gasteiger partial charge is 0.251 e. The van der Waals surface area contributed by atoms with Gasteiger partial charge in [-0.25, -0.2) is 13.1 Å². The second-order valence-electron chi connectivity index (χ2n) is 5.54. The van der Waals surface area contributed by atoms with Crippen LogP contribution in [0.15, 0.2) is 52.3 Å². The molecule has 140 valence electrons. The molecule has 6 nitrogen and oxygen atoms in total. The summed E-state index contributed by atoms with van der Waals surface area (Å²) in [4.78, 5) is 13.6. The van der Waals surface area contributed by atoms with E-state index in [4.69, 9.17) is 4.74 Å². The third kappa shape index (κ3) is 4.57. The summed E-state index contributed by atoms with van der Waals surface area (Å²) in [6.07, 6.45) is 2.00. The largest absolute Gasteiger partial charge is 0.495 e. The lowest BCUT2D eigenvalue weighted by atomic mass is 10.1. The van der Waals surface area contributed by atoms with Crippen molar-refractivity contribution < 1.29 is 17.9 Å². The summed E-state index contributed by atoms with van der Waals surface area (Å²) in [5, 5.41) is 2.88. The Hall–Kier alpha value is -2.03. The van der Waals surface area contributed by atoms with E-state index in [-0.39, 0.29) is 28.2 Å². The van der Waals surface area contributed by atoms with Gasteiger partial charge in [0.1, 0.15) is 10.6 Å². The maximum absolute atomic E-state index is 12.5. The van der Waals surface area contributed by atoms with Gasteiger partial charge in [-0.1, -0.05) is 12.1 Å². The van der Waals surface area contributed by atoms with Gasteiger partial charge >= 0.3 is 0 Å². The lowest BCUT2D eigenvalue weighted by Gasteiger charge is -2.16. The highest BCUT2D eigenvalue weighted by Gasteiger charge is 2.21. The molecule has 0 radical (unpaired) electrons. The average Bonchev–Trinajstić information content (AvgIpc) is 2.67. The first-order valence-corrected chi connectivity index (χ1v) is 10.6. The Morgan fingerprint density at radius 3 is 2.35 bits per heavy atom. The number of methoxy groups -OCH3 is 1. The van der Waals surface area contributed by atoms with E-state index < -0.39 is 10.0 Å². The van der Waals surface area contributed by atoms with E-state index in [1.54, 1.807) is 11.8 Å². The van der Waals surface area contributed by atoms with E-state index >= 15 is 0 Å². The Morgan fingerprint density at radius 1 is 1.15 bits per heavy atom. The molecule has 0 spiro atoms. The van der Waals surface area contributed by atoms with E-state index in [1.165, 1.54) is 32.4 Å². The summed E-state index contributed by atoms with van der Waals surface area (Å²) >= 11 is 1.65. The molecule has 0 aliphatic carbocycles. The number of benzene rings is 2. The molecule has 2 rings (SSSR count). The van der Waals surface area contributed by atoms with Crippen molar-refractivity contribution in [3.05, 3.63) is 53.6 Å². The summed E-state index contributed by atoms with van der Waals surface area (Å²) in [7, 11) is -1.06. The summed E-state index contributed by atoms with van der Waals surface area (Å²) < 4.78 is 31.6. The van der Waals surface area contributed by atoms with E-state index in [0.717, 1.165) is 10.5 Å². The normalized spacial score (nSPS) is 12.5. The van der Waals surface area contributed by atoms with Crippen molar-refractivity contribution in [2.45, 2.75) is 22.8 Å². The predicted molar refractivity (Wildman–Crippen MR) is 103 cm³/mol. The van der Waals surface area contributed by atoms with E-state index in [9.17, 15) is 13.2 Å². The minimum Gasteiger partial charge on any atom is -0.495 e. The number of hydrogen-bond donors (Lipinski definition) is 2. The van der Waals surface area contributed by atoms with Gasteiger partial charge in [0.15, 0.2) is 0 Å². The molecule has 0 heterocycles. The second-order valence-corrected chi connectivity index (χ2v) is 8.28. The first kappa shape index (κ1) is 20.3. The quantitative estimate of drug-likeness (QED) is 0.706. The summed E-state index contributed by atoms with van der Waals surface area (Å²) in [6, 6.07) is 12.0. The van der Waals surface area contributed by atoms with Gasteiger partial charge in [0.2, 0.25) is 10.0 Å². The summed E-state index contributed by atoms with van der Waals surface area (Å²) in [5.74, 6) is -0.182. The average molecular weight is 395 g/mol. The van der Waals surface area contributed by atoms with Crippen molar-refractivity contribution in [2.75, 3.05) is 20.4 Å². The number of rotatable bonds is 7. The first-order chi connectivity index (χ1) is 12.3. The molecule has 0 aromatic heterocycles. The molecule has 26 heavy (non-hydrogen) atoms. The number of ether oxygens (including phenoxy) is 1. The number of hydrogen-bond acceptors (Lipinski definition) is 5. The van der Waals surface area contributed by atoms with Crippen LogP contribution in [0.1, 0.15) is 28.9 Å². The van der Waals surface area contributed by atoms with Crippen molar-refractivity contribution in [2.24, 2.45) is 0 Å². The number of carbonyl (C=O) groups is 1. The molecule has 1 atom stereocenters. The standard InChI is InChI=1S/C18H22N2O4S2/c1-12(13-5-8-15(25-4)9-6-13)20-18(21)14-7-10-16(24-3)17(11-14)26(22,23)19-2/h5-12,19H,1-4H3,(H,20,21)/t12-/m1/s1. The highest BCUT2D eigenvalue weighted by atomic mass is 32.2. The number of nitrogens with one attached hydrogen (secondary N) is 2. The molecule has 0 aliphatic rings. The lowest BCUT2D eigenvalue weighted by molar-refractivity contribution is 0.0939. The minimum absolute atomic E-state index is 0.0767. The number of thioether (sulfide) groups is 1. The molecule has 0 unspecified atom stereocenters. The van der Waals surface area contributed by atoms with Crippen molar-refractivity contribution in [1.82, 2.24) is 10.0 Å². The van der Waals surface area contributed by atoms with Crippen molar-refractivity contribution >= 4 is 27.7 Å². The zero-order valence-corrected chi connectivity index (χ0v) is 16.7. The van der Waals surface area contributed by atoms with Crippen LogP contribution in [0, 0.1) is 0 Å². The molecule has 2 N–H and O–H groups in total. The molecule has 1 amide bonds. The van der Waals surface area contributed by atoms with Crippen LogP contribution in [0.25, 0.3) is 0 Å². The van der Waals surface area contributed by atoms with Crippen molar-refractivity contribution in [3.8, 4) is 5.75 Å². The van der Waals surface area contributed by atoms with Gasteiger partial charge in [-0.05, 0) is 56.1 Å². The fraction of sp³-hybridized carbons (Fsp3) is 0.278. The van der Waals surface area contributed by atoms with Crippen LogP contribution in [0.3, 0.4) is 0 Å². The summed E-state index contributed by atoms with van der Waals surface area (Å²) in [6.45, 7) is 1.88. The van der Waals surface area contributed by atoms with Gasteiger partial charge in [0.25, 0.3) is 5.91 Å². The Kier molecular flexibility index (Phi) is 6.69. The van der Waals surface area contributed by atoms with Crippen LogP contribution in [0.5, 0.6) is 5.75 Å². The van der Waals surface area contributed by atoms with Gasteiger partial charge in [-0.15, -0.1) is 11.8 Å². The molecular weight excluding hydrogens is 372 g/mol. The number of carbonyl (C=O) groups excluding carboxylic acids is 1.